The molecular formula is C19H22N2O3. The predicted octanol–water partition coefficient (Wildman–Crippen LogP) is 3.80. The molecule has 0 saturated heterocycles. The molecule has 1 aromatic carbocycles. The van der Waals surface area contributed by atoms with Gasteiger partial charge >= 0.3 is 6.09 Å². The van der Waals surface area contributed by atoms with E-state index in [4.69, 9.17) is 4.74 Å². The molecule has 3 rings (SSSR count). The van der Waals surface area contributed by atoms with Crippen molar-refractivity contribution in [1.82, 2.24) is 9.88 Å². The highest BCUT2D eigenvalue weighted by Crippen LogP contribution is 2.30. The molecular weight excluding hydrogens is 304 g/mol. The van der Waals surface area contributed by atoms with Crippen LogP contribution in [0.25, 0.3) is 10.9 Å². The molecule has 1 aliphatic carbocycles. The van der Waals surface area contributed by atoms with E-state index in [-0.39, 0.29) is 12.1 Å². The van der Waals surface area contributed by atoms with Crippen molar-refractivity contribution < 1.29 is 14.3 Å². The number of rotatable bonds is 6. The molecule has 1 amide bonds. The lowest BCUT2D eigenvalue weighted by Gasteiger charge is -2.23. The molecule has 1 aromatic heterocycles. The fraction of sp³-hybridized carbons (Fsp3) is 0.421. The van der Waals surface area contributed by atoms with E-state index >= 15 is 0 Å². The Bertz CT molecular complexity index is 753. The van der Waals surface area contributed by atoms with Crippen LogP contribution in [-0.4, -0.2) is 34.9 Å². The number of fused-ring (bicyclic) bond motifs is 1. The van der Waals surface area contributed by atoms with Crippen molar-refractivity contribution in [2.45, 2.75) is 39.3 Å². The molecule has 126 valence electrons. The molecule has 0 radical (unpaired) electrons. The normalized spacial score (nSPS) is 14.0. The van der Waals surface area contributed by atoms with Crippen LogP contribution in [0.2, 0.25) is 0 Å². The molecule has 24 heavy (non-hydrogen) atoms. The largest absolute Gasteiger partial charge is 0.449 e. The molecule has 1 aliphatic rings. The van der Waals surface area contributed by atoms with Crippen LogP contribution in [0.5, 0.6) is 0 Å². The summed E-state index contributed by atoms with van der Waals surface area (Å²) >= 11 is 0. The lowest BCUT2D eigenvalue weighted by Crippen LogP contribution is -2.34. The van der Waals surface area contributed by atoms with Crippen molar-refractivity contribution in [3.05, 3.63) is 41.6 Å². The zero-order valence-corrected chi connectivity index (χ0v) is 14.1. The second kappa shape index (κ2) is 6.99. The van der Waals surface area contributed by atoms with E-state index in [0.717, 1.165) is 35.6 Å². The smallest absolute Gasteiger partial charge is 0.410 e. The summed E-state index contributed by atoms with van der Waals surface area (Å²) in [5.41, 5.74) is 2.30. The highest BCUT2D eigenvalue weighted by Gasteiger charge is 2.34. The molecule has 1 saturated carbocycles. The maximum atomic E-state index is 12.4. The van der Waals surface area contributed by atoms with Crippen molar-refractivity contribution in [3.8, 4) is 0 Å². The summed E-state index contributed by atoms with van der Waals surface area (Å²) in [7, 11) is 0. The molecule has 0 bridgehead atoms. The van der Waals surface area contributed by atoms with Gasteiger partial charge in [0.15, 0.2) is 0 Å². The van der Waals surface area contributed by atoms with Gasteiger partial charge in [-0.3, -0.25) is 9.78 Å². The number of aromatic nitrogens is 1. The lowest BCUT2D eigenvalue weighted by molar-refractivity contribution is 0.0872. The van der Waals surface area contributed by atoms with Gasteiger partial charge in [0.2, 0.25) is 0 Å². The SMILES string of the molecule is CC(C)COC(=O)N(Cc1cc(C=O)cc2cccnc12)C1CC1. The Morgan fingerprint density at radius 1 is 1.42 bits per heavy atom. The standard InChI is InChI=1S/C19H22N2O3/c1-13(2)12-24-19(23)21(17-5-6-17)10-16-9-14(11-22)8-15-4-3-7-20-18(15)16/h3-4,7-9,11,13,17H,5-6,10,12H2,1-2H3. The Labute approximate surface area is 141 Å². The number of ether oxygens (including phenoxy) is 1. The van der Waals surface area contributed by atoms with E-state index in [1.807, 2.05) is 38.1 Å². The van der Waals surface area contributed by atoms with Gasteiger partial charge in [0, 0.05) is 23.2 Å². The first kappa shape index (κ1) is 16.4. The van der Waals surface area contributed by atoms with Gasteiger partial charge in [-0.2, -0.15) is 0 Å². The van der Waals surface area contributed by atoms with E-state index in [0.29, 0.717) is 24.6 Å². The number of nitrogens with zero attached hydrogens (tertiary/aromatic N) is 2. The number of benzene rings is 1. The molecule has 1 heterocycles. The van der Waals surface area contributed by atoms with Crippen LogP contribution in [0.4, 0.5) is 4.79 Å². The fourth-order valence-electron chi connectivity index (χ4n) is 2.72. The average molecular weight is 326 g/mol. The molecule has 0 aliphatic heterocycles. The summed E-state index contributed by atoms with van der Waals surface area (Å²) in [5, 5.41) is 0.906. The number of amides is 1. The first-order valence-electron chi connectivity index (χ1n) is 8.34. The minimum atomic E-state index is -0.285. The summed E-state index contributed by atoms with van der Waals surface area (Å²) in [5.74, 6) is 0.302. The van der Waals surface area contributed by atoms with E-state index in [1.165, 1.54) is 0 Å². The molecule has 0 atom stereocenters. The van der Waals surface area contributed by atoms with Gasteiger partial charge in [-0.1, -0.05) is 19.9 Å². The lowest BCUT2D eigenvalue weighted by atomic mass is 10.1. The Morgan fingerprint density at radius 2 is 2.21 bits per heavy atom. The van der Waals surface area contributed by atoms with Crippen molar-refractivity contribution in [2.24, 2.45) is 5.92 Å². The van der Waals surface area contributed by atoms with Crippen LogP contribution in [0.15, 0.2) is 30.5 Å². The Hall–Kier alpha value is -2.43. The van der Waals surface area contributed by atoms with Crippen molar-refractivity contribution in [3.63, 3.8) is 0 Å². The van der Waals surface area contributed by atoms with Crippen LogP contribution in [-0.2, 0) is 11.3 Å². The third-order valence-electron chi connectivity index (χ3n) is 4.05. The molecule has 5 heteroatoms. The maximum absolute atomic E-state index is 12.4. The number of carbonyl (C=O) groups is 2. The van der Waals surface area contributed by atoms with Crippen molar-refractivity contribution in [2.75, 3.05) is 6.61 Å². The minimum Gasteiger partial charge on any atom is -0.449 e. The Kier molecular flexibility index (Phi) is 4.79. The average Bonchev–Trinajstić information content (AvgIpc) is 3.41. The quantitative estimate of drug-likeness (QED) is 0.758. The monoisotopic (exact) mass is 326 g/mol. The van der Waals surface area contributed by atoms with Crippen molar-refractivity contribution >= 4 is 23.3 Å². The zero-order valence-electron chi connectivity index (χ0n) is 14.1. The third-order valence-corrected chi connectivity index (χ3v) is 4.05. The second-order valence-electron chi connectivity index (χ2n) is 6.70. The fourth-order valence-corrected chi connectivity index (χ4v) is 2.72. The van der Waals surface area contributed by atoms with Crippen LogP contribution in [0, 0.1) is 5.92 Å². The van der Waals surface area contributed by atoms with Crippen LogP contribution in [0.3, 0.4) is 0 Å². The highest BCUT2D eigenvalue weighted by molar-refractivity contribution is 5.89. The topological polar surface area (TPSA) is 59.5 Å². The predicted molar refractivity (Wildman–Crippen MR) is 91.9 cm³/mol. The van der Waals surface area contributed by atoms with Gasteiger partial charge < -0.3 is 9.64 Å². The van der Waals surface area contributed by atoms with Gasteiger partial charge in [0.25, 0.3) is 0 Å². The van der Waals surface area contributed by atoms with Crippen molar-refractivity contribution in [1.29, 1.82) is 0 Å². The number of aldehydes is 1. The van der Waals surface area contributed by atoms with Gasteiger partial charge in [0.05, 0.1) is 18.7 Å². The summed E-state index contributed by atoms with van der Waals surface area (Å²) in [6, 6.07) is 7.63. The first-order valence-corrected chi connectivity index (χ1v) is 8.34. The Balaban J connectivity index is 1.88. The number of hydrogen-bond acceptors (Lipinski definition) is 4. The van der Waals surface area contributed by atoms with Gasteiger partial charge in [-0.05, 0) is 42.5 Å². The summed E-state index contributed by atoms with van der Waals surface area (Å²) in [6.45, 7) is 4.85. The highest BCUT2D eigenvalue weighted by atomic mass is 16.6. The summed E-state index contributed by atoms with van der Waals surface area (Å²) in [4.78, 5) is 29.9. The number of hydrogen-bond donors (Lipinski definition) is 0. The first-order chi connectivity index (χ1) is 11.6. The van der Waals surface area contributed by atoms with E-state index in [1.54, 1.807) is 11.1 Å². The third kappa shape index (κ3) is 3.72. The van der Waals surface area contributed by atoms with Crippen LogP contribution >= 0.6 is 0 Å². The van der Waals surface area contributed by atoms with Gasteiger partial charge in [0.1, 0.15) is 6.29 Å². The van der Waals surface area contributed by atoms with E-state index in [2.05, 4.69) is 4.98 Å². The Morgan fingerprint density at radius 3 is 2.88 bits per heavy atom. The van der Waals surface area contributed by atoms with Crippen LogP contribution < -0.4 is 0 Å². The summed E-state index contributed by atoms with van der Waals surface area (Å²) < 4.78 is 5.40. The molecule has 0 N–H and O–H groups in total. The number of pyridine rings is 1. The summed E-state index contributed by atoms with van der Waals surface area (Å²) in [6.07, 6.45) is 4.26. The molecule has 0 unspecified atom stereocenters. The minimum absolute atomic E-state index is 0.225. The molecule has 2 aromatic rings. The van der Waals surface area contributed by atoms with Gasteiger partial charge in [-0.25, -0.2) is 4.79 Å². The molecule has 0 spiro atoms. The zero-order chi connectivity index (χ0) is 17.1. The second-order valence-corrected chi connectivity index (χ2v) is 6.70. The molecule has 5 nitrogen and oxygen atoms in total. The molecule has 1 fully saturated rings. The van der Waals surface area contributed by atoms with E-state index in [9.17, 15) is 9.59 Å². The van der Waals surface area contributed by atoms with E-state index < -0.39 is 0 Å². The van der Waals surface area contributed by atoms with Crippen LogP contribution in [0.1, 0.15) is 42.6 Å². The van der Waals surface area contributed by atoms with Gasteiger partial charge in [-0.15, -0.1) is 0 Å². The number of carbonyl (C=O) groups excluding carboxylic acids is 2. The maximum Gasteiger partial charge on any atom is 0.410 e.